The normalized spacial score (nSPS) is 25.8. The van der Waals surface area contributed by atoms with Gasteiger partial charge in [0, 0.05) is 22.3 Å². The Morgan fingerprint density at radius 3 is 2.17 bits per heavy atom. The van der Waals surface area contributed by atoms with Crippen molar-refractivity contribution in [2.24, 2.45) is 0 Å². The summed E-state index contributed by atoms with van der Waals surface area (Å²) in [5.41, 5.74) is -4.89. The van der Waals surface area contributed by atoms with Gasteiger partial charge in [-0.15, -0.1) is 0 Å². The second kappa shape index (κ2) is 8.18. The number of fused-ring (bicyclic) bond motifs is 2. The Balaban J connectivity index is 1.99. The molecule has 0 amide bonds. The van der Waals surface area contributed by atoms with Crippen LogP contribution in [0.4, 0.5) is 0 Å². The summed E-state index contributed by atoms with van der Waals surface area (Å²) in [7, 11) is 0. The molecule has 35 heavy (non-hydrogen) atoms. The highest BCUT2D eigenvalue weighted by molar-refractivity contribution is 6.31. The molecule has 0 aromatic heterocycles. The lowest BCUT2D eigenvalue weighted by atomic mass is 9.77. The number of ether oxygens (including phenoxy) is 1. The minimum atomic E-state index is -2.07. The molecule has 8 N–H and O–H groups in total. The summed E-state index contributed by atoms with van der Waals surface area (Å²) in [6.07, 6.45) is -9.30. The molecule has 0 bridgehead atoms. The van der Waals surface area contributed by atoms with Gasteiger partial charge in [-0.3, -0.25) is 9.59 Å². The first-order valence-electron chi connectivity index (χ1n) is 10.1. The number of carboxylic acid groups (broad SMARTS) is 1. The van der Waals surface area contributed by atoms with Gasteiger partial charge in [0.05, 0.1) is 12.2 Å². The van der Waals surface area contributed by atoms with Crippen molar-refractivity contribution in [3.05, 3.63) is 45.0 Å². The molecule has 1 saturated heterocycles. The molecule has 5 atom stereocenters. The van der Waals surface area contributed by atoms with Crippen molar-refractivity contribution in [2.45, 2.75) is 37.4 Å². The average molecular weight is 491 g/mol. The minimum absolute atomic E-state index is 0.335. The molecular weight excluding hydrogens is 472 g/mol. The van der Waals surface area contributed by atoms with Gasteiger partial charge in [0.1, 0.15) is 41.8 Å². The molecule has 2 aromatic rings. The van der Waals surface area contributed by atoms with E-state index in [1.54, 1.807) is 0 Å². The van der Waals surface area contributed by atoms with E-state index < -0.39 is 111 Å². The first kappa shape index (κ1) is 24.4. The van der Waals surface area contributed by atoms with Gasteiger partial charge in [-0.25, -0.2) is 4.79 Å². The maximum atomic E-state index is 13.4. The van der Waals surface area contributed by atoms with E-state index in [4.69, 9.17) is 4.74 Å². The Labute approximate surface area is 195 Å². The molecule has 2 aromatic carbocycles. The van der Waals surface area contributed by atoms with E-state index in [-0.39, 0.29) is 5.56 Å². The first-order valence-corrected chi connectivity index (χ1v) is 10.1. The lowest BCUT2D eigenvalue weighted by Crippen LogP contribution is -2.55. The number of phenols is 3. The average Bonchev–Trinajstić information content (AvgIpc) is 2.79. The SMILES string of the molecule is Cc1c(C(=O)O)c(O)cc2c1C(=O)c1c([O-])c(C3OC(CO)C(O)C(O)C3O)c(O)c(O)c1C2=O. The van der Waals surface area contributed by atoms with E-state index in [0.29, 0.717) is 6.07 Å². The zero-order valence-corrected chi connectivity index (χ0v) is 17.8. The number of ketones is 2. The molecule has 1 aliphatic heterocycles. The number of carbonyl (C=O) groups excluding carboxylic acids is 2. The quantitative estimate of drug-likeness (QED) is 0.188. The molecule has 5 unspecified atom stereocenters. The third-order valence-electron chi connectivity index (χ3n) is 6.31. The van der Waals surface area contributed by atoms with Crippen LogP contribution in [0.15, 0.2) is 6.07 Å². The maximum Gasteiger partial charge on any atom is 0.339 e. The lowest BCUT2D eigenvalue weighted by Gasteiger charge is -2.42. The van der Waals surface area contributed by atoms with Crippen LogP contribution in [0.25, 0.3) is 0 Å². The molecule has 0 radical (unpaired) electrons. The summed E-state index contributed by atoms with van der Waals surface area (Å²) in [4.78, 5) is 38.0. The van der Waals surface area contributed by atoms with E-state index in [0.717, 1.165) is 6.92 Å². The fraction of sp³-hybridized carbons (Fsp3) is 0.318. The topological polar surface area (TPSA) is 245 Å². The minimum Gasteiger partial charge on any atom is -0.872 e. The van der Waals surface area contributed by atoms with Crippen LogP contribution >= 0.6 is 0 Å². The van der Waals surface area contributed by atoms with Gasteiger partial charge in [0.25, 0.3) is 0 Å². The maximum absolute atomic E-state index is 13.4. The van der Waals surface area contributed by atoms with Crippen LogP contribution in [-0.2, 0) is 4.74 Å². The van der Waals surface area contributed by atoms with Crippen molar-refractivity contribution in [2.75, 3.05) is 6.61 Å². The molecule has 13 heteroatoms. The molecule has 1 fully saturated rings. The van der Waals surface area contributed by atoms with Gasteiger partial charge in [0.15, 0.2) is 23.1 Å². The van der Waals surface area contributed by atoms with Gasteiger partial charge in [-0.1, -0.05) is 5.75 Å². The lowest BCUT2D eigenvalue weighted by molar-refractivity contribution is -0.277. The van der Waals surface area contributed by atoms with Crippen LogP contribution in [0, 0.1) is 6.92 Å². The highest BCUT2D eigenvalue weighted by atomic mass is 16.5. The number of phenolic OH excluding ortho intramolecular Hbond substituents is 2. The summed E-state index contributed by atoms with van der Waals surface area (Å²) in [6.45, 7) is 0.250. The van der Waals surface area contributed by atoms with Crippen LogP contribution in [-0.4, -0.2) is 89.4 Å². The van der Waals surface area contributed by atoms with E-state index in [2.05, 4.69) is 0 Å². The Morgan fingerprint density at radius 2 is 1.60 bits per heavy atom. The monoisotopic (exact) mass is 491 g/mol. The number of aromatic hydroxyl groups is 3. The van der Waals surface area contributed by atoms with Crippen LogP contribution in [0.1, 0.15) is 59.4 Å². The van der Waals surface area contributed by atoms with Crippen molar-refractivity contribution >= 4 is 17.5 Å². The third-order valence-corrected chi connectivity index (χ3v) is 6.31. The second-order valence-electron chi connectivity index (χ2n) is 8.22. The number of aliphatic hydroxyl groups excluding tert-OH is 4. The summed E-state index contributed by atoms with van der Waals surface area (Å²) >= 11 is 0. The molecule has 0 spiro atoms. The largest absolute Gasteiger partial charge is 0.872 e. The van der Waals surface area contributed by atoms with Crippen molar-refractivity contribution in [3.8, 4) is 23.0 Å². The van der Waals surface area contributed by atoms with Gasteiger partial charge in [0.2, 0.25) is 0 Å². The molecule has 1 heterocycles. The van der Waals surface area contributed by atoms with Crippen molar-refractivity contribution in [1.82, 2.24) is 0 Å². The van der Waals surface area contributed by atoms with Gasteiger partial charge in [-0.2, -0.15) is 0 Å². The Hall–Kier alpha value is -3.75. The number of aromatic carboxylic acids is 1. The molecule has 2 aliphatic rings. The fourth-order valence-corrected chi connectivity index (χ4v) is 4.56. The number of hydrogen-bond donors (Lipinski definition) is 8. The second-order valence-corrected chi connectivity index (χ2v) is 8.22. The highest BCUT2D eigenvalue weighted by Gasteiger charge is 2.47. The summed E-state index contributed by atoms with van der Waals surface area (Å²) < 4.78 is 5.26. The smallest absolute Gasteiger partial charge is 0.339 e. The molecule has 1 aliphatic carbocycles. The van der Waals surface area contributed by atoms with Gasteiger partial charge < -0.3 is 50.7 Å². The van der Waals surface area contributed by atoms with E-state index in [9.17, 15) is 60.3 Å². The van der Waals surface area contributed by atoms with Gasteiger partial charge in [-0.05, 0) is 18.6 Å². The zero-order valence-electron chi connectivity index (χ0n) is 17.8. The molecular formula is C22H19O13-. The number of benzene rings is 2. The molecule has 4 rings (SSSR count). The van der Waals surface area contributed by atoms with E-state index >= 15 is 0 Å². The summed E-state index contributed by atoms with van der Waals surface area (Å²) in [5.74, 6) is -8.72. The summed E-state index contributed by atoms with van der Waals surface area (Å²) in [6, 6.07) is 0.696. The van der Waals surface area contributed by atoms with Crippen LogP contribution < -0.4 is 5.11 Å². The van der Waals surface area contributed by atoms with E-state index in [1.165, 1.54) is 0 Å². The summed E-state index contributed by atoms with van der Waals surface area (Å²) in [5, 5.41) is 93.7. The molecule has 13 nitrogen and oxygen atoms in total. The Kier molecular flexibility index (Phi) is 5.70. The van der Waals surface area contributed by atoms with E-state index in [1.807, 2.05) is 0 Å². The molecule has 0 saturated carbocycles. The Morgan fingerprint density at radius 1 is 0.971 bits per heavy atom. The van der Waals surface area contributed by atoms with Gasteiger partial charge >= 0.3 is 5.97 Å². The number of hydrogen-bond acceptors (Lipinski definition) is 12. The third kappa shape index (κ3) is 3.25. The van der Waals surface area contributed by atoms with Crippen LogP contribution in [0.2, 0.25) is 0 Å². The number of carboxylic acids is 1. The van der Waals surface area contributed by atoms with Crippen molar-refractivity contribution in [3.63, 3.8) is 0 Å². The van der Waals surface area contributed by atoms with Crippen LogP contribution in [0.3, 0.4) is 0 Å². The van der Waals surface area contributed by atoms with Crippen LogP contribution in [0.5, 0.6) is 23.0 Å². The number of rotatable bonds is 3. The fourth-order valence-electron chi connectivity index (χ4n) is 4.56. The predicted molar refractivity (Wildman–Crippen MR) is 109 cm³/mol. The standard InChI is InChI=1S/C22H20O13/c1-4-8-5(2-6(24)9(4)22(33)34)13(25)10-11(15(8)27)16(28)12(18(30)17(10)29)21-20(32)19(31)14(26)7(3-23)35-21/h2,7,14,19-21,23-24,26,28-32H,3H2,1H3,(H,33,34)/p-1. The predicted octanol–water partition coefficient (Wildman–Crippen LogP) is -1.83. The number of carbonyl (C=O) groups is 3. The Bertz CT molecular complexity index is 1300. The highest BCUT2D eigenvalue weighted by Crippen LogP contribution is 2.51. The first-order chi connectivity index (χ1) is 16.3. The van der Waals surface area contributed by atoms with Crippen molar-refractivity contribution in [1.29, 1.82) is 0 Å². The zero-order chi connectivity index (χ0) is 26.1. The van der Waals surface area contributed by atoms with Crippen molar-refractivity contribution < 1.29 is 65.1 Å². The number of aliphatic hydroxyl groups is 4. The molecule has 186 valence electrons.